The smallest absolute Gasteiger partial charge is 0.320 e. The summed E-state index contributed by atoms with van der Waals surface area (Å²) in [5.41, 5.74) is -0.740. The number of carbonyl (C=O) groups excluding carboxylic acids is 1. The summed E-state index contributed by atoms with van der Waals surface area (Å²) >= 11 is 0. The number of rotatable bonds is 2. The highest BCUT2D eigenvalue weighted by Gasteiger charge is 2.41. The molecule has 0 spiro atoms. The molecule has 0 aliphatic carbocycles. The Hall–Kier alpha value is -1.48. The molecule has 0 aromatic heterocycles. The first-order chi connectivity index (χ1) is 9.46. The van der Waals surface area contributed by atoms with Crippen LogP contribution in [0, 0.1) is 17.4 Å². The number of carbonyl (C=O) groups is 1. The molecule has 2 saturated heterocycles. The predicted molar refractivity (Wildman–Crippen MR) is 74.7 cm³/mol. The van der Waals surface area contributed by atoms with Gasteiger partial charge in [0, 0.05) is 25.7 Å². The molecular weight excluding hydrogens is 256 g/mol. The fourth-order valence-corrected chi connectivity index (χ4v) is 2.96. The van der Waals surface area contributed by atoms with Gasteiger partial charge in [-0.25, -0.2) is 4.79 Å². The van der Waals surface area contributed by atoms with Crippen molar-refractivity contribution in [1.29, 1.82) is 5.26 Å². The van der Waals surface area contributed by atoms with Gasteiger partial charge in [-0.1, -0.05) is 13.8 Å². The molecule has 2 amide bonds. The van der Waals surface area contributed by atoms with E-state index in [0.29, 0.717) is 32.6 Å². The predicted octanol–water partition coefficient (Wildman–Crippen LogP) is 0.734. The normalized spacial score (nSPS) is 27.8. The molecule has 0 saturated carbocycles. The van der Waals surface area contributed by atoms with Crippen molar-refractivity contribution in [2.24, 2.45) is 5.92 Å². The second-order valence-electron chi connectivity index (χ2n) is 6.23. The second kappa shape index (κ2) is 5.88. The van der Waals surface area contributed by atoms with Crippen LogP contribution in [0.15, 0.2) is 0 Å². The monoisotopic (exact) mass is 280 g/mol. The van der Waals surface area contributed by atoms with Gasteiger partial charge in [-0.05, 0) is 25.2 Å². The third-order valence-corrected chi connectivity index (χ3v) is 4.66. The molecule has 2 aliphatic heterocycles. The molecule has 2 fully saturated rings. The molecule has 20 heavy (non-hydrogen) atoms. The van der Waals surface area contributed by atoms with Gasteiger partial charge in [0.1, 0.15) is 0 Å². The zero-order chi connectivity index (χ0) is 14.8. The molecule has 2 N–H and O–H groups in total. The molecule has 2 heterocycles. The van der Waals surface area contributed by atoms with Crippen molar-refractivity contribution in [3.8, 4) is 6.19 Å². The average Bonchev–Trinajstić information content (AvgIpc) is 2.83. The zero-order valence-corrected chi connectivity index (χ0v) is 12.3. The van der Waals surface area contributed by atoms with Crippen LogP contribution < -0.4 is 5.32 Å². The van der Waals surface area contributed by atoms with E-state index in [1.54, 1.807) is 4.90 Å². The zero-order valence-electron chi connectivity index (χ0n) is 12.3. The molecule has 2 aliphatic rings. The summed E-state index contributed by atoms with van der Waals surface area (Å²) in [4.78, 5) is 16.0. The Balaban J connectivity index is 1.86. The van der Waals surface area contributed by atoms with Crippen molar-refractivity contribution < 1.29 is 9.90 Å². The van der Waals surface area contributed by atoms with E-state index in [-0.39, 0.29) is 18.0 Å². The minimum atomic E-state index is -0.740. The maximum absolute atomic E-state index is 12.4. The maximum atomic E-state index is 12.4. The van der Waals surface area contributed by atoms with Crippen LogP contribution in [0.1, 0.15) is 33.1 Å². The van der Waals surface area contributed by atoms with E-state index in [9.17, 15) is 9.90 Å². The van der Waals surface area contributed by atoms with E-state index in [2.05, 4.69) is 5.32 Å². The van der Waals surface area contributed by atoms with Crippen molar-refractivity contribution in [1.82, 2.24) is 15.1 Å². The van der Waals surface area contributed by atoms with Gasteiger partial charge in [0.05, 0.1) is 12.1 Å². The number of hydrogen-bond acceptors (Lipinski definition) is 4. The number of aliphatic hydroxyl groups is 1. The average molecular weight is 280 g/mol. The van der Waals surface area contributed by atoms with Crippen LogP contribution in [0.25, 0.3) is 0 Å². The quantitative estimate of drug-likeness (QED) is 0.577. The van der Waals surface area contributed by atoms with E-state index in [1.165, 1.54) is 0 Å². The molecule has 0 aromatic rings. The molecule has 1 atom stereocenters. The molecule has 1 unspecified atom stereocenters. The van der Waals surface area contributed by atoms with Crippen molar-refractivity contribution in [2.75, 3.05) is 26.2 Å². The summed E-state index contributed by atoms with van der Waals surface area (Å²) in [5, 5.41) is 21.8. The van der Waals surface area contributed by atoms with E-state index in [0.717, 1.165) is 12.8 Å². The highest BCUT2D eigenvalue weighted by molar-refractivity contribution is 5.75. The second-order valence-corrected chi connectivity index (χ2v) is 6.23. The molecule has 0 aromatic carbocycles. The van der Waals surface area contributed by atoms with Gasteiger partial charge in [-0.3, -0.25) is 0 Å². The summed E-state index contributed by atoms with van der Waals surface area (Å²) in [6.45, 7) is 6.40. The van der Waals surface area contributed by atoms with Crippen LogP contribution in [0.4, 0.5) is 4.79 Å². The Kier molecular flexibility index (Phi) is 4.39. The number of nitrogens with zero attached hydrogens (tertiary/aromatic N) is 3. The van der Waals surface area contributed by atoms with Crippen LogP contribution in [-0.4, -0.2) is 58.8 Å². The third-order valence-electron chi connectivity index (χ3n) is 4.66. The minimum absolute atomic E-state index is 0.0250. The van der Waals surface area contributed by atoms with Crippen LogP contribution in [-0.2, 0) is 0 Å². The fourth-order valence-electron chi connectivity index (χ4n) is 2.96. The van der Waals surface area contributed by atoms with Crippen molar-refractivity contribution in [3.05, 3.63) is 0 Å². The number of urea groups is 1. The third kappa shape index (κ3) is 2.98. The molecule has 112 valence electrons. The van der Waals surface area contributed by atoms with Crippen LogP contribution in [0.2, 0.25) is 0 Å². The maximum Gasteiger partial charge on any atom is 0.320 e. The van der Waals surface area contributed by atoms with Crippen molar-refractivity contribution >= 4 is 6.03 Å². The largest absolute Gasteiger partial charge is 0.388 e. The number of amides is 2. The Bertz CT molecular complexity index is 398. The lowest BCUT2D eigenvalue weighted by Gasteiger charge is -2.35. The number of hydrogen-bond donors (Lipinski definition) is 2. The fraction of sp³-hybridized carbons (Fsp3) is 0.857. The first kappa shape index (κ1) is 14.9. The SMILES string of the molecule is CC(C)C1(O)CCN(C(=O)N2CCC(NC#N)CC2)C1. The standard InChI is InChI=1S/C14H24N4O2/c1-11(2)14(20)5-8-18(9-14)13(19)17-6-3-12(4-7-17)16-10-15/h11-12,16,20H,3-9H2,1-2H3. The summed E-state index contributed by atoms with van der Waals surface area (Å²) in [7, 11) is 0. The van der Waals surface area contributed by atoms with E-state index >= 15 is 0 Å². The molecule has 6 nitrogen and oxygen atoms in total. The van der Waals surface area contributed by atoms with Crippen LogP contribution in [0.3, 0.4) is 0 Å². The topological polar surface area (TPSA) is 79.6 Å². The van der Waals surface area contributed by atoms with E-state index in [1.807, 2.05) is 24.9 Å². The van der Waals surface area contributed by atoms with E-state index < -0.39 is 5.60 Å². The molecule has 2 rings (SSSR count). The molecular formula is C14H24N4O2. The molecule has 0 bridgehead atoms. The lowest BCUT2D eigenvalue weighted by molar-refractivity contribution is 0.00618. The number of piperidine rings is 1. The first-order valence-corrected chi connectivity index (χ1v) is 7.37. The summed E-state index contributed by atoms with van der Waals surface area (Å²) in [6, 6.07) is 0.215. The molecule has 0 radical (unpaired) electrons. The lowest BCUT2D eigenvalue weighted by Crippen LogP contribution is -2.50. The number of nitriles is 1. The molecule has 6 heteroatoms. The highest BCUT2D eigenvalue weighted by atomic mass is 16.3. The van der Waals surface area contributed by atoms with Gasteiger partial charge in [0.25, 0.3) is 0 Å². The Labute approximate surface area is 120 Å². The number of β-amino-alcohol motifs (C(OH)–C–C–N with tert-alkyl or cyclic N) is 1. The van der Waals surface area contributed by atoms with Crippen LogP contribution in [0.5, 0.6) is 0 Å². The number of likely N-dealkylation sites (tertiary alicyclic amines) is 2. The Morgan fingerprint density at radius 3 is 2.50 bits per heavy atom. The van der Waals surface area contributed by atoms with Gasteiger partial charge in [-0.15, -0.1) is 0 Å². The van der Waals surface area contributed by atoms with Gasteiger partial charge in [0.2, 0.25) is 0 Å². The van der Waals surface area contributed by atoms with Crippen LogP contribution >= 0.6 is 0 Å². The van der Waals surface area contributed by atoms with Gasteiger partial charge >= 0.3 is 6.03 Å². The van der Waals surface area contributed by atoms with Gasteiger partial charge in [-0.2, -0.15) is 5.26 Å². The minimum Gasteiger partial charge on any atom is -0.388 e. The summed E-state index contributed by atoms with van der Waals surface area (Å²) in [5.74, 6) is 0.158. The summed E-state index contributed by atoms with van der Waals surface area (Å²) < 4.78 is 0. The van der Waals surface area contributed by atoms with Crippen molar-refractivity contribution in [3.63, 3.8) is 0 Å². The first-order valence-electron chi connectivity index (χ1n) is 7.37. The Morgan fingerprint density at radius 2 is 2.00 bits per heavy atom. The highest BCUT2D eigenvalue weighted by Crippen LogP contribution is 2.29. The van der Waals surface area contributed by atoms with Gasteiger partial charge in [0.15, 0.2) is 6.19 Å². The lowest BCUT2D eigenvalue weighted by atomic mass is 9.90. The van der Waals surface area contributed by atoms with E-state index in [4.69, 9.17) is 5.26 Å². The summed E-state index contributed by atoms with van der Waals surface area (Å²) in [6.07, 6.45) is 4.23. The van der Waals surface area contributed by atoms with Gasteiger partial charge < -0.3 is 20.2 Å². The number of nitrogens with one attached hydrogen (secondary N) is 1. The Morgan fingerprint density at radius 1 is 1.35 bits per heavy atom. The van der Waals surface area contributed by atoms with Crippen molar-refractivity contribution in [2.45, 2.75) is 44.8 Å².